The molecular formula is C20H33N5O4. The van der Waals surface area contributed by atoms with E-state index in [1.54, 1.807) is 0 Å². The zero-order valence-electron chi connectivity index (χ0n) is 17.6. The fourth-order valence-electron chi connectivity index (χ4n) is 3.76. The topological polar surface area (TPSA) is 97.7 Å². The highest BCUT2D eigenvalue weighted by Gasteiger charge is 2.40. The first-order chi connectivity index (χ1) is 14.0. The van der Waals surface area contributed by atoms with Gasteiger partial charge in [-0.15, -0.1) is 0 Å². The number of rotatable bonds is 9. The number of ether oxygens (including phenoxy) is 2. The minimum absolute atomic E-state index is 0.0575. The summed E-state index contributed by atoms with van der Waals surface area (Å²) in [5.41, 5.74) is 2.02. The summed E-state index contributed by atoms with van der Waals surface area (Å²) in [7, 11) is 1.36. The second-order valence-electron chi connectivity index (χ2n) is 7.61. The van der Waals surface area contributed by atoms with Crippen molar-refractivity contribution in [3.05, 3.63) is 17.5 Å². The predicted molar refractivity (Wildman–Crippen MR) is 108 cm³/mol. The molecule has 1 aliphatic heterocycles. The van der Waals surface area contributed by atoms with Crippen LogP contribution in [0.5, 0.6) is 0 Å². The number of methoxy groups -OCH3 is 1. The molecule has 0 bridgehead atoms. The van der Waals surface area contributed by atoms with Gasteiger partial charge in [0.15, 0.2) is 0 Å². The second kappa shape index (κ2) is 10.1. The van der Waals surface area contributed by atoms with Crippen LogP contribution in [0.3, 0.4) is 0 Å². The molecule has 9 nitrogen and oxygen atoms in total. The summed E-state index contributed by atoms with van der Waals surface area (Å²) < 4.78 is 12.3. The van der Waals surface area contributed by atoms with E-state index in [0.717, 1.165) is 50.2 Å². The Morgan fingerprint density at radius 3 is 2.90 bits per heavy atom. The van der Waals surface area contributed by atoms with E-state index in [4.69, 9.17) is 9.84 Å². The minimum atomic E-state index is -0.415. The molecule has 162 valence electrons. The molecular weight excluding hydrogens is 374 g/mol. The lowest BCUT2D eigenvalue weighted by molar-refractivity contribution is -0.148. The normalized spacial score (nSPS) is 20.2. The zero-order valence-corrected chi connectivity index (χ0v) is 17.6. The first-order valence-electron chi connectivity index (χ1n) is 10.6. The molecule has 1 aliphatic carbocycles. The van der Waals surface area contributed by atoms with Crippen LogP contribution in [0.15, 0.2) is 6.07 Å². The van der Waals surface area contributed by atoms with Crippen molar-refractivity contribution in [2.75, 3.05) is 33.4 Å². The van der Waals surface area contributed by atoms with Gasteiger partial charge < -0.3 is 25.0 Å². The third-order valence-corrected chi connectivity index (χ3v) is 5.49. The van der Waals surface area contributed by atoms with Crippen LogP contribution < -0.4 is 10.6 Å². The molecule has 2 amide bonds. The van der Waals surface area contributed by atoms with Gasteiger partial charge in [-0.25, -0.2) is 4.79 Å². The number of hydrogen-bond donors (Lipinski definition) is 2. The van der Waals surface area contributed by atoms with Crippen molar-refractivity contribution in [2.24, 2.45) is 0 Å². The number of alkyl carbamates (subject to hydrolysis) is 1. The Morgan fingerprint density at radius 2 is 2.28 bits per heavy atom. The van der Waals surface area contributed by atoms with Crippen LogP contribution in [0.25, 0.3) is 0 Å². The van der Waals surface area contributed by atoms with Crippen molar-refractivity contribution < 1.29 is 19.1 Å². The predicted octanol–water partition coefficient (Wildman–Crippen LogP) is 1.23. The van der Waals surface area contributed by atoms with Crippen LogP contribution in [0.1, 0.15) is 50.5 Å². The Bertz CT molecular complexity index is 697. The fourth-order valence-corrected chi connectivity index (χ4v) is 3.76. The Balaban J connectivity index is 1.66. The number of aromatic nitrogens is 2. The number of carbonyl (C=O) groups is 2. The van der Waals surface area contributed by atoms with Gasteiger partial charge in [-0.05, 0) is 45.6 Å². The molecule has 29 heavy (non-hydrogen) atoms. The lowest BCUT2D eigenvalue weighted by atomic mass is 10.1. The molecule has 0 aromatic carbocycles. The first kappa shape index (κ1) is 21.6. The number of nitrogens with one attached hydrogen (secondary N) is 2. The lowest BCUT2D eigenvalue weighted by Crippen LogP contribution is -2.50. The molecule has 3 rings (SSSR count). The average molecular weight is 408 g/mol. The van der Waals surface area contributed by atoms with Crippen molar-refractivity contribution in [1.29, 1.82) is 0 Å². The molecule has 2 aliphatic rings. The summed E-state index contributed by atoms with van der Waals surface area (Å²) in [5, 5.41) is 10.7. The SMILES string of the molecule is CCn1nc([C@@H](C)N(C(=O)[C@H]2CNCCO2)C2CC2)cc1CCCNC(=O)OC. The molecule has 0 unspecified atom stereocenters. The monoisotopic (exact) mass is 407 g/mol. The number of morpholine rings is 1. The van der Waals surface area contributed by atoms with Crippen molar-refractivity contribution in [3.63, 3.8) is 0 Å². The van der Waals surface area contributed by atoms with E-state index in [0.29, 0.717) is 19.7 Å². The summed E-state index contributed by atoms with van der Waals surface area (Å²) in [6.45, 7) is 7.34. The highest BCUT2D eigenvalue weighted by Crippen LogP contribution is 2.35. The third kappa shape index (κ3) is 5.48. The van der Waals surface area contributed by atoms with E-state index in [1.165, 1.54) is 7.11 Å². The number of hydrogen-bond acceptors (Lipinski definition) is 6. The van der Waals surface area contributed by atoms with Gasteiger partial charge in [0.2, 0.25) is 0 Å². The molecule has 2 atom stereocenters. The van der Waals surface area contributed by atoms with E-state index in [2.05, 4.69) is 35.3 Å². The number of carbonyl (C=O) groups excluding carboxylic acids is 2. The lowest BCUT2D eigenvalue weighted by Gasteiger charge is -2.33. The van der Waals surface area contributed by atoms with Crippen LogP contribution in [0, 0.1) is 0 Å². The summed E-state index contributed by atoms with van der Waals surface area (Å²) >= 11 is 0. The van der Waals surface area contributed by atoms with Crippen LogP contribution in [0.4, 0.5) is 4.79 Å². The molecule has 1 saturated heterocycles. The molecule has 1 saturated carbocycles. The van der Waals surface area contributed by atoms with Gasteiger partial charge in [0, 0.05) is 37.9 Å². The Labute approximate surface area is 172 Å². The van der Waals surface area contributed by atoms with E-state index in [1.807, 2.05) is 9.58 Å². The summed E-state index contributed by atoms with van der Waals surface area (Å²) in [6, 6.07) is 2.28. The molecule has 9 heteroatoms. The molecule has 2 fully saturated rings. The Kier molecular flexibility index (Phi) is 7.49. The van der Waals surface area contributed by atoms with Gasteiger partial charge in [0.1, 0.15) is 6.10 Å². The van der Waals surface area contributed by atoms with Crippen LogP contribution in [-0.2, 0) is 27.2 Å². The highest BCUT2D eigenvalue weighted by atomic mass is 16.5. The van der Waals surface area contributed by atoms with Gasteiger partial charge >= 0.3 is 6.09 Å². The van der Waals surface area contributed by atoms with Crippen LogP contribution in [0.2, 0.25) is 0 Å². The number of amides is 2. The minimum Gasteiger partial charge on any atom is -0.453 e. The Hall–Kier alpha value is -2.13. The maximum Gasteiger partial charge on any atom is 0.406 e. The molecule has 2 N–H and O–H groups in total. The number of nitrogens with zero attached hydrogens (tertiary/aromatic N) is 3. The molecule has 2 heterocycles. The molecule has 0 radical (unpaired) electrons. The quantitative estimate of drug-likeness (QED) is 0.598. The van der Waals surface area contributed by atoms with Crippen molar-refractivity contribution >= 4 is 12.0 Å². The summed E-state index contributed by atoms with van der Waals surface area (Å²) in [4.78, 5) is 26.3. The van der Waals surface area contributed by atoms with Gasteiger partial charge in [-0.2, -0.15) is 5.10 Å². The Morgan fingerprint density at radius 1 is 1.48 bits per heavy atom. The highest BCUT2D eigenvalue weighted by molar-refractivity contribution is 5.82. The molecule has 1 aromatic rings. The van der Waals surface area contributed by atoms with Gasteiger partial charge in [0.05, 0.1) is 25.5 Å². The van der Waals surface area contributed by atoms with E-state index in [-0.39, 0.29) is 18.0 Å². The first-order valence-corrected chi connectivity index (χ1v) is 10.6. The third-order valence-electron chi connectivity index (χ3n) is 5.49. The van der Waals surface area contributed by atoms with E-state index >= 15 is 0 Å². The largest absolute Gasteiger partial charge is 0.453 e. The van der Waals surface area contributed by atoms with E-state index < -0.39 is 12.2 Å². The van der Waals surface area contributed by atoms with Crippen molar-refractivity contribution in [1.82, 2.24) is 25.3 Å². The summed E-state index contributed by atoms with van der Waals surface area (Å²) in [6.07, 6.45) is 2.84. The average Bonchev–Trinajstić information content (AvgIpc) is 3.49. The zero-order chi connectivity index (χ0) is 20.8. The van der Waals surface area contributed by atoms with Gasteiger partial charge in [-0.3, -0.25) is 9.48 Å². The standard InChI is InChI=1S/C20H33N5O4/c1-4-24-16(6-5-9-22-20(27)28-3)12-17(23-24)14(2)25(15-7-8-15)19(26)18-13-21-10-11-29-18/h12,14-15,18,21H,4-11,13H2,1-3H3,(H,22,27)/t14-,18-/m1/s1. The van der Waals surface area contributed by atoms with E-state index in [9.17, 15) is 9.59 Å². The van der Waals surface area contributed by atoms with Crippen LogP contribution in [-0.4, -0.2) is 72.2 Å². The smallest absolute Gasteiger partial charge is 0.406 e. The molecule has 0 spiro atoms. The fraction of sp³-hybridized carbons (Fsp3) is 0.750. The maximum atomic E-state index is 13.1. The summed E-state index contributed by atoms with van der Waals surface area (Å²) in [5.74, 6) is 0.0575. The molecule has 1 aromatic heterocycles. The number of aryl methyl sites for hydroxylation is 2. The van der Waals surface area contributed by atoms with Crippen molar-refractivity contribution in [3.8, 4) is 0 Å². The van der Waals surface area contributed by atoms with Crippen LogP contribution >= 0.6 is 0 Å². The van der Waals surface area contributed by atoms with Gasteiger partial charge in [-0.1, -0.05) is 0 Å². The van der Waals surface area contributed by atoms with Gasteiger partial charge in [0.25, 0.3) is 5.91 Å². The second-order valence-corrected chi connectivity index (χ2v) is 7.61. The van der Waals surface area contributed by atoms with Crippen molar-refractivity contribution in [2.45, 2.75) is 64.3 Å². The maximum absolute atomic E-state index is 13.1.